The summed E-state index contributed by atoms with van der Waals surface area (Å²) in [6.07, 6.45) is 3.41. The second kappa shape index (κ2) is 7.59. The number of nitrogens with zero attached hydrogens (tertiary/aromatic N) is 1. The van der Waals surface area contributed by atoms with E-state index in [1.54, 1.807) is 37.4 Å². The van der Waals surface area contributed by atoms with Crippen molar-refractivity contribution in [2.45, 2.75) is 6.54 Å². The third-order valence-corrected chi connectivity index (χ3v) is 2.46. The summed E-state index contributed by atoms with van der Waals surface area (Å²) in [6, 6.07) is 6.99. The lowest BCUT2D eigenvalue weighted by molar-refractivity contribution is -0.496. The molecule has 4 heteroatoms. The summed E-state index contributed by atoms with van der Waals surface area (Å²) < 4.78 is 0. The number of rotatable bonds is 5. The average molecular weight is 268 g/mol. The molecule has 1 aromatic carbocycles. The van der Waals surface area contributed by atoms with Crippen molar-refractivity contribution in [1.29, 1.82) is 0 Å². The van der Waals surface area contributed by atoms with Crippen LogP contribution >= 0.6 is 0 Å². The highest BCUT2D eigenvalue weighted by Gasteiger charge is 2.00. The van der Waals surface area contributed by atoms with Crippen molar-refractivity contribution in [3.05, 3.63) is 82.1 Å². The van der Waals surface area contributed by atoms with Gasteiger partial charge in [-0.25, -0.2) is 0 Å². The Morgan fingerprint density at radius 3 is 2.90 bits per heavy atom. The molecule has 0 saturated heterocycles. The first-order chi connectivity index (χ1) is 9.55. The third kappa shape index (κ3) is 5.23. The zero-order valence-electron chi connectivity index (χ0n) is 11.3. The van der Waals surface area contributed by atoms with Crippen molar-refractivity contribution in [2.75, 3.05) is 7.05 Å². The molecular weight excluding hydrogens is 252 g/mol. The lowest BCUT2D eigenvalue weighted by Crippen LogP contribution is -2.01. The number of nitro groups is 1. The Labute approximate surface area is 118 Å². The Balaban J connectivity index is 2.95. The monoisotopic (exact) mass is 268 g/mol. The number of benzene rings is 1. The first-order valence-electron chi connectivity index (χ1n) is 5.98. The van der Waals surface area contributed by atoms with Crippen molar-refractivity contribution in [3.8, 4) is 11.8 Å². The molecule has 1 N–H and O–H groups in total. The molecule has 102 valence electrons. The quantitative estimate of drug-likeness (QED) is 0.386. The van der Waals surface area contributed by atoms with E-state index in [0.717, 1.165) is 16.8 Å². The maximum Gasteiger partial charge on any atom is 0.228 e. The van der Waals surface area contributed by atoms with Gasteiger partial charge in [-0.15, -0.1) is 0 Å². The van der Waals surface area contributed by atoms with Gasteiger partial charge < -0.3 is 5.32 Å². The summed E-state index contributed by atoms with van der Waals surface area (Å²) in [6.45, 7) is 7.28. The van der Waals surface area contributed by atoms with Gasteiger partial charge in [-0.05, 0) is 18.2 Å². The van der Waals surface area contributed by atoms with Crippen LogP contribution in [0.25, 0.3) is 0 Å². The largest absolute Gasteiger partial charge is 0.389 e. The maximum absolute atomic E-state index is 10.5. The summed E-state index contributed by atoms with van der Waals surface area (Å²) in [5, 5.41) is 13.4. The highest BCUT2D eigenvalue weighted by atomic mass is 16.6. The first-order valence-corrected chi connectivity index (χ1v) is 5.98. The second-order valence-corrected chi connectivity index (χ2v) is 4.02. The van der Waals surface area contributed by atoms with E-state index in [-0.39, 0.29) is 11.5 Å². The normalized spacial score (nSPS) is 10.2. The summed E-state index contributed by atoms with van der Waals surface area (Å²) in [4.78, 5) is 10.1. The van der Waals surface area contributed by atoms with Gasteiger partial charge in [0.25, 0.3) is 0 Å². The fourth-order valence-electron chi connectivity index (χ4n) is 1.45. The molecule has 0 heterocycles. The maximum atomic E-state index is 10.5. The van der Waals surface area contributed by atoms with E-state index < -0.39 is 0 Å². The number of allylic oxidation sites excluding steroid dienone is 3. The molecule has 0 bridgehead atoms. The van der Waals surface area contributed by atoms with Gasteiger partial charge in [-0.3, -0.25) is 10.1 Å². The molecule has 0 aromatic heterocycles. The van der Waals surface area contributed by atoms with Gasteiger partial charge in [0.1, 0.15) is 0 Å². The molecule has 0 spiro atoms. The third-order valence-electron chi connectivity index (χ3n) is 2.46. The first kappa shape index (κ1) is 15.3. The zero-order chi connectivity index (χ0) is 15.0. The van der Waals surface area contributed by atoms with E-state index in [2.05, 4.69) is 30.3 Å². The smallest absolute Gasteiger partial charge is 0.228 e. The Morgan fingerprint density at radius 2 is 2.30 bits per heavy atom. The van der Waals surface area contributed by atoms with Crippen molar-refractivity contribution in [1.82, 2.24) is 5.32 Å². The van der Waals surface area contributed by atoms with E-state index in [0.29, 0.717) is 5.56 Å². The van der Waals surface area contributed by atoms with Gasteiger partial charge >= 0.3 is 0 Å². The van der Waals surface area contributed by atoms with Gasteiger partial charge in [0.2, 0.25) is 6.54 Å². The molecular formula is C16H16N2O2. The van der Waals surface area contributed by atoms with E-state index >= 15 is 0 Å². The van der Waals surface area contributed by atoms with Crippen molar-refractivity contribution in [3.63, 3.8) is 0 Å². The minimum absolute atomic E-state index is 0.198. The molecule has 0 aliphatic rings. The summed E-state index contributed by atoms with van der Waals surface area (Å²) in [5.41, 5.74) is 2.82. The van der Waals surface area contributed by atoms with Crippen LogP contribution in [-0.2, 0) is 6.54 Å². The molecule has 4 nitrogen and oxygen atoms in total. The Bertz CT molecular complexity index is 619. The summed E-state index contributed by atoms with van der Waals surface area (Å²) in [7, 11) is 1.77. The van der Waals surface area contributed by atoms with E-state index in [9.17, 15) is 10.1 Å². The Morgan fingerprint density at radius 1 is 1.55 bits per heavy atom. The second-order valence-electron chi connectivity index (χ2n) is 4.02. The Hall–Kier alpha value is -2.80. The summed E-state index contributed by atoms with van der Waals surface area (Å²) in [5.74, 6) is 5.91. The molecule has 0 fully saturated rings. The number of nitrogens with one attached hydrogen (secondary N) is 1. The Kier molecular flexibility index (Phi) is 5.79. The molecule has 1 aromatic rings. The predicted molar refractivity (Wildman–Crippen MR) is 80.5 cm³/mol. The molecule has 20 heavy (non-hydrogen) atoms. The van der Waals surface area contributed by atoms with Crippen LogP contribution in [0.1, 0.15) is 11.1 Å². The van der Waals surface area contributed by atoms with Crippen LogP contribution in [-0.4, -0.2) is 12.0 Å². The molecule has 0 saturated carbocycles. The van der Waals surface area contributed by atoms with Crippen molar-refractivity contribution in [2.24, 2.45) is 0 Å². The fourth-order valence-corrected chi connectivity index (χ4v) is 1.45. The topological polar surface area (TPSA) is 55.2 Å². The minimum atomic E-state index is -0.363. The standard InChI is InChI=1S/C16H16N2O2/c1-4-14(10-13(2)17-3)8-9-15-6-5-7-16(11-15)12-18(19)20/h4-7,10-11,17H,1-2,12H2,3H3/b14-10+. The van der Waals surface area contributed by atoms with Crippen molar-refractivity contribution >= 4 is 0 Å². The fraction of sp³-hybridized carbons (Fsp3) is 0.125. The summed E-state index contributed by atoms with van der Waals surface area (Å²) >= 11 is 0. The lowest BCUT2D eigenvalue weighted by atomic mass is 10.1. The number of hydrogen-bond donors (Lipinski definition) is 1. The average Bonchev–Trinajstić information content (AvgIpc) is 2.42. The van der Waals surface area contributed by atoms with Gasteiger partial charge in [0.05, 0.1) is 0 Å². The van der Waals surface area contributed by atoms with E-state index in [1.165, 1.54) is 0 Å². The molecule has 0 amide bonds. The van der Waals surface area contributed by atoms with Crippen LogP contribution < -0.4 is 5.32 Å². The molecule has 0 atom stereocenters. The predicted octanol–water partition coefficient (Wildman–Crippen LogP) is 2.66. The van der Waals surface area contributed by atoms with Crippen molar-refractivity contribution < 1.29 is 4.92 Å². The molecule has 0 aliphatic carbocycles. The lowest BCUT2D eigenvalue weighted by Gasteiger charge is -1.98. The van der Waals surface area contributed by atoms with Gasteiger partial charge in [0.15, 0.2) is 0 Å². The van der Waals surface area contributed by atoms with Crippen LogP contribution in [0.2, 0.25) is 0 Å². The number of hydrogen-bond acceptors (Lipinski definition) is 3. The molecule has 0 aliphatic heterocycles. The molecule has 0 radical (unpaired) electrons. The highest BCUT2D eigenvalue weighted by Crippen LogP contribution is 2.06. The van der Waals surface area contributed by atoms with Gasteiger partial charge in [-0.1, -0.05) is 43.2 Å². The highest BCUT2D eigenvalue weighted by molar-refractivity contribution is 5.47. The van der Waals surface area contributed by atoms with Crippen LogP contribution in [0.4, 0.5) is 0 Å². The van der Waals surface area contributed by atoms with E-state index in [4.69, 9.17) is 0 Å². The van der Waals surface area contributed by atoms with Crippen LogP contribution in [0.15, 0.2) is 60.8 Å². The SMILES string of the molecule is C=C/C(C#Cc1cccc(C[N+](=O)[O-])c1)=C\C(=C)NC. The number of likely N-dealkylation sites (N-methyl/N-ethyl adjacent to an activating group) is 1. The molecule has 1 rings (SSSR count). The minimum Gasteiger partial charge on any atom is -0.389 e. The van der Waals surface area contributed by atoms with Gasteiger partial charge in [-0.2, -0.15) is 0 Å². The van der Waals surface area contributed by atoms with Crippen LogP contribution in [0.5, 0.6) is 0 Å². The zero-order valence-corrected chi connectivity index (χ0v) is 11.3. The molecule has 0 unspecified atom stereocenters. The van der Waals surface area contributed by atoms with Crippen LogP contribution in [0.3, 0.4) is 0 Å². The van der Waals surface area contributed by atoms with E-state index in [1.807, 2.05) is 6.07 Å². The van der Waals surface area contributed by atoms with Gasteiger partial charge in [0, 0.05) is 34.4 Å². The van der Waals surface area contributed by atoms with Crippen LogP contribution in [0, 0.1) is 22.0 Å².